The summed E-state index contributed by atoms with van der Waals surface area (Å²) in [6.45, 7) is 1.63. The van der Waals surface area contributed by atoms with Crippen molar-refractivity contribution in [2.24, 2.45) is 0 Å². The minimum atomic E-state index is 0.284. The molecule has 0 radical (unpaired) electrons. The second-order valence-corrected chi connectivity index (χ2v) is 5.72. The summed E-state index contributed by atoms with van der Waals surface area (Å²) in [7, 11) is 4.07. The van der Waals surface area contributed by atoms with E-state index in [1.54, 1.807) is 6.20 Å². The molecule has 5 nitrogen and oxygen atoms in total. The summed E-state index contributed by atoms with van der Waals surface area (Å²) < 4.78 is 5.60. The van der Waals surface area contributed by atoms with Crippen LogP contribution in [0, 0.1) is 0 Å². The second-order valence-electron chi connectivity index (χ2n) is 5.72. The van der Waals surface area contributed by atoms with Gasteiger partial charge in [-0.1, -0.05) is 12.1 Å². The number of aromatic nitrogens is 2. The SMILES string of the molecule is CN(C)c1ccc(-c2ccnc(NCC3CCCO3)n2)cc1. The maximum absolute atomic E-state index is 5.60. The first-order valence-electron chi connectivity index (χ1n) is 7.68. The lowest BCUT2D eigenvalue weighted by Crippen LogP contribution is -2.19. The molecule has 5 heteroatoms. The van der Waals surface area contributed by atoms with Crippen LogP contribution < -0.4 is 10.2 Å². The molecule has 0 spiro atoms. The van der Waals surface area contributed by atoms with Gasteiger partial charge in [-0.2, -0.15) is 0 Å². The molecule has 2 heterocycles. The highest BCUT2D eigenvalue weighted by atomic mass is 16.5. The van der Waals surface area contributed by atoms with Crippen molar-refractivity contribution in [1.82, 2.24) is 9.97 Å². The van der Waals surface area contributed by atoms with E-state index < -0.39 is 0 Å². The number of rotatable bonds is 5. The van der Waals surface area contributed by atoms with Crippen LogP contribution in [-0.2, 0) is 4.74 Å². The monoisotopic (exact) mass is 298 g/mol. The van der Waals surface area contributed by atoms with Crippen LogP contribution >= 0.6 is 0 Å². The number of hydrogen-bond donors (Lipinski definition) is 1. The van der Waals surface area contributed by atoms with Gasteiger partial charge in [-0.3, -0.25) is 0 Å². The van der Waals surface area contributed by atoms with Crippen molar-refractivity contribution < 1.29 is 4.74 Å². The molecule has 1 aliphatic rings. The maximum atomic E-state index is 5.60. The molecular formula is C17H22N4O. The number of nitrogens with zero attached hydrogens (tertiary/aromatic N) is 3. The lowest BCUT2D eigenvalue weighted by Gasteiger charge is -2.13. The predicted molar refractivity (Wildman–Crippen MR) is 89.3 cm³/mol. The minimum Gasteiger partial charge on any atom is -0.378 e. The topological polar surface area (TPSA) is 50.3 Å². The van der Waals surface area contributed by atoms with Gasteiger partial charge in [0.25, 0.3) is 0 Å². The van der Waals surface area contributed by atoms with Gasteiger partial charge in [-0.05, 0) is 31.0 Å². The molecule has 116 valence electrons. The van der Waals surface area contributed by atoms with Gasteiger partial charge in [0.2, 0.25) is 5.95 Å². The molecule has 0 saturated carbocycles. The molecule has 1 aliphatic heterocycles. The zero-order valence-corrected chi connectivity index (χ0v) is 13.1. The minimum absolute atomic E-state index is 0.284. The van der Waals surface area contributed by atoms with Crippen LogP contribution in [0.4, 0.5) is 11.6 Å². The fourth-order valence-electron chi connectivity index (χ4n) is 2.55. The van der Waals surface area contributed by atoms with Gasteiger partial charge in [-0.15, -0.1) is 0 Å². The summed E-state index contributed by atoms with van der Waals surface area (Å²) in [5.74, 6) is 0.657. The lowest BCUT2D eigenvalue weighted by molar-refractivity contribution is 0.120. The van der Waals surface area contributed by atoms with Gasteiger partial charge >= 0.3 is 0 Å². The van der Waals surface area contributed by atoms with Crippen molar-refractivity contribution in [3.8, 4) is 11.3 Å². The van der Waals surface area contributed by atoms with Crippen molar-refractivity contribution in [2.45, 2.75) is 18.9 Å². The smallest absolute Gasteiger partial charge is 0.223 e. The van der Waals surface area contributed by atoms with Gasteiger partial charge < -0.3 is 15.0 Å². The molecule has 0 amide bonds. The Balaban J connectivity index is 1.69. The molecule has 0 bridgehead atoms. The Morgan fingerprint density at radius 3 is 2.73 bits per heavy atom. The molecule has 22 heavy (non-hydrogen) atoms. The number of ether oxygens (including phenoxy) is 1. The van der Waals surface area contributed by atoms with E-state index in [0.717, 1.165) is 37.3 Å². The summed E-state index contributed by atoms with van der Waals surface area (Å²) in [6.07, 6.45) is 4.33. The molecule has 1 fully saturated rings. The number of anilines is 2. The number of benzene rings is 1. The maximum Gasteiger partial charge on any atom is 0.223 e. The second kappa shape index (κ2) is 6.75. The van der Waals surface area contributed by atoms with E-state index in [0.29, 0.717) is 5.95 Å². The zero-order valence-electron chi connectivity index (χ0n) is 13.1. The van der Waals surface area contributed by atoms with Crippen molar-refractivity contribution >= 4 is 11.6 Å². The highest BCUT2D eigenvalue weighted by Gasteiger charge is 2.15. The Morgan fingerprint density at radius 2 is 2.05 bits per heavy atom. The summed E-state index contributed by atoms with van der Waals surface area (Å²) in [5.41, 5.74) is 3.19. The van der Waals surface area contributed by atoms with Crippen LogP contribution in [-0.4, -0.2) is 43.3 Å². The van der Waals surface area contributed by atoms with Gasteiger partial charge in [0, 0.05) is 44.7 Å². The van der Waals surface area contributed by atoms with E-state index in [2.05, 4.69) is 44.5 Å². The fourth-order valence-corrected chi connectivity index (χ4v) is 2.55. The van der Waals surface area contributed by atoms with Crippen molar-refractivity contribution in [1.29, 1.82) is 0 Å². The summed E-state index contributed by atoms with van der Waals surface area (Å²) >= 11 is 0. The third-order valence-corrected chi connectivity index (χ3v) is 3.85. The summed E-state index contributed by atoms with van der Waals surface area (Å²) in [4.78, 5) is 11.0. The first-order chi connectivity index (χ1) is 10.7. The Morgan fingerprint density at radius 1 is 1.23 bits per heavy atom. The van der Waals surface area contributed by atoms with Gasteiger partial charge in [0.05, 0.1) is 11.8 Å². The average molecular weight is 298 g/mol. The Hall–Kier alpha value is -2.14. The van der Waals surface area contributed by atoms with E-state index in [4.69, 9.17) is 4.74 Å². The van der Waals surface area contributed by atoms with Crippen molar-refractivity contribution in [2.75, 3.05) is 37.5 Å². The molecule has 3 rings (SSSR count). The van der Waals surface area contributed by atoms with Gasteiger partial charge in [0.15, 0.2) is 0 Å². The van der Waals surface area contributed by atoms with Crippen molar-refractivity contribution in [3.63, 3.8) is 0 Å². The Kier molecular flexibility index (Phi) is 4.53. The molecule has 2 aromatic rings. The molecule has 1 aromatic carbocycles. The van der Waals surface area contributed by atoms with Crippen LogP contribution in [0.5, 0.6) is 0 Å². The molecular weight excluding hydrogens is 276 g/mol. The molecule has 1 atom stereocenters. The Bertz CT molecular complexity index is 606. The standard InChI is InChI=1S/C17H22N4O/c1-21(2)14-7-5-13(6-8-14)16-9-10-18-17(20-16)19-12-15-4-3-11-22-15/h5-10,15H,3-4,11-12H2,1-2H3,(H,18,19,20). The predicted octanol–water partition coefficient (Wildman–Crippen LogP) is 2.80. The normalized spacial score (nSPS) is 17.5. The highest BCUT2D eigenvalue weighted by Crippen LogP contribution is 2.21. The number of hydrogen-bond acceptors (Lipinski definition) is 5. The van der Waals surface area contributed by atoms with E-state index in [-0.39, 0.29) is 6.10 Å². The van der Waals surface area contributed by atoms with E-state index >= 15 is 0 Å². The van der Waals surface area contributed by atoms with Crippen LogP contribution in [0.15, 0.2) is 36.5 Å². The van der Waals surface area contributed by atoms with Crippen LogP contribution in [0.25, 0.3) is 11.3 Å². The van der Waals surface area contributed by atoms with Crippen LogP contribution in [0.1, 0.15) is 12.8 Å². The molecule has 1 unspecified atom stereocenters. The fraction of sp³-hybridized carbons (Fsp3) is 0.412. The molecule has 1 saturated heterocycles. The third kappa shape index (κ3) is 3.54. The van der Waals surface area contributed by atoms with Gasteiger partial charge in [0.1, 0.15) is 0 Å². The lowest BCUT2D eigenvalue weighted by atomic mass is 10.1. The molecule has 1 aromatic heterocycles. The third-order valence-electron chi connectivity index (χ3n) is 3.85. The first kappa shape index (κ1) is 14.8. The average Bonchev–Trinajstić information content (AvgIpc) is 3.07. The first-order valence-corrected chi connectivity index (χ1v) is 7.68. The highest BCUT2D eigenvalue weighted by molar-refractivity contribution is 5.63. The van der Waals surface area contributed by atoms with E-state index in [1.807, 2.05) is 20.2 Å². The van der Waals surface area contributed by atoms with Crippen LogP contribution in [0.3, 0.4) is 0 Å². The Labute approximate surface area is 131 Å². The molecule has 0 aliphatic carbocycles. The molecule has 1 N–H and O–H groups in total. The zero-order chi connectivity index (χ0) is 15.4. The number of nitrogens with one attached hydrogen (secondary N) is 1. The van der Waals surface area contributed by atoms with Gasteiger partial charge in [-0.25, -0.2) is 9.97 Å². The van der Waals surface area contributed by atoms with E-state index in [9.17, 15) is 0 Å². The summed E-state index contributed by atoms with van der Waals surface area (Å²) in [5, 5.41) is 3.27. The van der Waals surface area contributed by atoms with Crippen LogP contribution in [0.2, 0.25) is 0 Å². The van der Waals surface area contributed by atoms with E-state index in [1.165, 1.54) is 5.69 Å². The largest absolute Gasteiger partial charge is 0.378 e. The van der Waals surface area contributed by atoms with Crippen molar-refractivity contribution in [3.05, 3.63) is 36.5 Å². The summed E-state index contributed by atoms with van der Waals surface area (Å²) in [6, 6.07) is 10.3. The quantitative estimate of drug-likeness (QED) is 0.920.